The molecular formula is C20H19Cl2N3O. The Kier molecular flexibility index (Phi) is 5.64. The number of rotatable bonds is 5. The highest BCUT2D eigenvalue weighted by Gasteiger charge is 2.10. The highest BCUT2D eigenvalue weighted by atomic mass is 35.5. The minimum Gasteiger partial charge on any atom is -0.352 e. The zero-order chi connectivity index (χ0) is 18.7. The molecule has 26 heavy (non-hydrogen) atoms. The van der Waals surface area contributed by atoms with E-state index in [-0.39, 0.29) is 5.91 Å². The Morgan fingerprint density at radius 1 is 1.08 bits per heavy atom. The summed E-state index contributed by atoms with van der Waals surface area (Å²) in [5.41, 5.74) is 4.63. The zero-order valence-corrected chi connectivity index (χ0v) is 16.1. The van der Waals surface area contributed by atoms with E-state index in [1.165, 1.54) is 0 Å². The van der Waals surface area contributed by atoms with Gasteiger partial charge in [-0.05, 0) is 62.2 Å². The van der Waals surface area contributed by atoms with E-state index in [2.05, 4.69) is 10.4 Å². The molecule has 0 saturated heterocycles. The van der Waals surface area contributed by atoms with Crippen LogP contribution in [-0.2, 0) is 6.42 Å². The number of halogens is 2. The van der Waals surface area contributed by atoms with E-state index in [0.717, 1.165) is 29.1 Å². The van der Waals surface area contributed by atoms with Crippen LogP contribution in [0.3, 0.4) is 0 Å². The number of hydrogen-bond donors (Lipinski definition) is 1. The van der Waals surface area contributed by atoms with Crippen LogP contribution in [0.1, 0.15) is 27.3 Å². The third-order valence-corrected chi connectivity index (χ3v) is 4.63. The van der Waals surface area contributed by atoms with Crippen molar-refractivity contribution in [2.45, 2.75) is 20.3 Å². The second kappa shape index (κ2) is 7.94. The van der Waals surface area contributed by atoms with E-state index in [0.29, 0.717) is 22.2 Å². The molecule has 134 valence electrons. The van der Waals surface area contributed by atoms with Gasteiger partial charge in [0.15, 0.2) is 0 Å². The van der Waals surface area contributed by atoms with Crippen molar-refractivity contribution in [3.8, 4) is 5.69 Å². The van der Waals surface area contributed by atoms with Gasteiger partial charge < -0.3 is 5.32 Å². The van der Waals surface area contributed by atoms with Crippen LogP contribution < -0.4 is 5.32 Å². The molecule has 1 amide bonds. The van der Waals surface area contributed by atoms with Gasteiger partial charge in [-0.1, -0.05) is 35.3 Å². The number of carbonyl (C=O) groups excluding carboxylic acids is 1. The van der Waals surface area contributed by atoms with E-state index in [4.69, 9.17) is 23.2 Å². The van der Waals surface area contributed by atoms with Gasteiger partial charge in [0, 0.05) is 17.3 Å². The Hall–Kier alpha value is -2.30. The largest absolute Gasteiger partial charge is 0.352 e. The number of nitrogens with zero attached hydrogens (tertiary/aromatic N) is 2. The summed E-state index contributed by atoms with van der Waals surface area (Å²) in [5.74, 6) is -0.225. The molecule has 0 unspecified atom stereocenters. The lowest BCUT2D eigenvalue weighted by Gasteiger charge is -2.09. The summed E-state index contributed by atoms with van der Waals surface area (Å²) in [4.78, 5) is 12.2. The van der Waals surface area contributed by atoms with Crippen molar-refractivity contribution >= 4 is 29.1 Å². The summed E-state index contributed by atoms with van der Waals surface area (Å²) in [6.07, 6.45) is 0.724. The van der Waals surface area contributed by atoms with Gasteiger partial charge in [-0.2, -0.15) is 5.10 Å². The molecule has 2 aromatic carbocycles. The predicted molar refractivity (Wildman–Crippen MR) is 106 cm³/mol. The number of nitrogens with one attached hydrogen (secondary N) is 1. The molecule has 1 heterocycles. The normalized spacial score (nSPS) is 10.8. The lowest BCUT2D eigenvalue weighted by atomic mass is 10.1. The van der Waals surface area contributed by atoms with E-state index in [1.54, 1.807) is 18.2 Å². The monoisotopic (exact) mass is 387 g/mol. The molecule has 6 heteroatoms. The standard InChI is InChI=1S/C20H19Cl2N3O/c1-13-11-14(2)25(24-13)17-6-3-15(4-7-17)9-10-23-20(26)18-12-16(21)5-8-19(18)22/h3-8,11-12H,9-10H2,1-2H3,(H,23,26). The van der Waals surface area contributed by atoms with Crippen molar-refractivity contribution in [1.82, 2.24) is 15.1 Å². The first-order chi connectivity index (χ1) is 12.4. The van der Waals surface area contributed by atoms with E-state index in [1.807, 2.05) is 48.9 Å². The van der Waals surface area contributed by atoms with Crippen LogP contribution >= 0.6 is 23.2 Å². The average Bonchev–Trinajstić information content (AvgIpc) is 2.96. The summed E-state index contributed by atoms with van der Waals surface area (Å²) >= 11 is 12.0. The van der Waals surface area contributed by atoms with Crippen LogP contribution in [0.4, 0.5) is 0 Å². The molecule has 0 fully saturated rings. The lowest BCUT2D eigenvalue weighted by Crippen LogP contribution is -2.26. The average molecular weight is 388 g/mol. The molecule has 1 aromatic heterocycles. The second-order valence-electron chi connectivity index (χ2n) is 6.14. The van der Waals surface area contributed by atoms with Crippen molar-refractivity contribution in [2.24, 2.45) is 0 Å². The van der Waals surface area contributed by atoms with E-state index >= 15 is 0 Å². The van der Waals surface area contributed by atoms with Gasteiger partial charge in [-0.25, -0.2) is 4.68 Å². The first-order valence-electron chi connectivity index (χ1n) is 8.30. The van der Waals surface area contributed by atoms with E-state index < -0.39 is 0 Å². The van der Waals surface area contributed by atoms with Gasteiger partial charge in [0.25, 0.3) is 5.91 Å². The molecule has 0 bridgehead atoms. The minimum absolute atomic E-state index is 0.225. The molecule has 0 aliphatic rings. The van der Waals surface area contributed by atoms with Gasteiger partial charge in [0.2, 0.25) is 0 Å². The first kappa shape index (κ1) is 18.5. The van der Waals surface area contributed by atoms with Crippen molar-refractivity contribution in [3.05, 3.63) is 81.1 Å². The molecule has 0 aliphatic heterocycles. The van der Waals surface area contributed by atoms with Crippen molar-refractivity contribution < 1.29 is 4.79 Å². The van der Waals surface area contributed by atoms with Crippen LogP contribution in [0.15, 0.2) is 48.5 Å². The summed E-state index contributed by atoms with van der Waals surface area (Å²) in [6.45, 7) is 4.53. The molecule has 4 nitrogen and oxygen atoms in total. The third kappa shape index (κ3) is 4.26. The van der Waals surface area contributed by atoms with Gasteiger partial charge in [0.1, 0.15) is 0 Å². The molecule has 0 radical (unpaired) electrons. The lowest BCUT2D eigenvalue weighted by molar-refractivity contribution is 0.0954. The Bertz CT molecular complexity index is 933. The summed E-state index contributed by atoms with van der Waals surface area (Å²) in [5, 5.41) is 8.23. The summed E-state index contributed by atoms with van der Waals surface area (Å²) in [6, 6.07) is 15.1. The molecule has 0 aliphatic carbocycles. The highest BCUT2D eigenvalue weighted by molar-refractivity contribution is 6.35. The third-order valence-electron chi connectivity index (χ3n) is 4.06. The summed E-state index contributed by atoms with van der Waals surface area (Å²) in [7, 11) is 0. The molecule has 1 N–H and O–H groups in total. The van der Waals surface area contributed by atoms with Crippen LogP contribution in [0.2, 0.25) is 10.0 Å². The van der Waals surface area contributed by atoms with Crippen LogP contribution in [0.25, 0.3) is 5.69 Å². The van der Waals surface area contributed by atoms with Crippen molar-refractivity contribution in [1.29, 1.82) is 0 Å². The minimum atomic E-state index is -0.225. The van der Waals surface area contributed by atoms with E-state index in [9.17, 15) is 4.79 Å². The van der Waals surface area contributed by atoms with Crippen molar-refractivity contribution in [3.63, 3.8) is 0 Å². The molecule has 0 atom stereocenters. The fourth-order valence-electron chi connectivity index (χ4n) is 2.78. The zero-order valence-electron chi connectivity index (χ0n) is 14.6. The number of benzene rings is 2. The number of carbonyl (C=O) groups is 1. The van der Waals surface area contributed by atoms with Crippen LogP contribution in [-0.4, -0.2) is 22.2 Å². The Balaban J connectivity index is 1.59. The molecule has 0 spiro atoms. The Morgan fingerprint density at radius 2 is 1.81 bits per heavy atom. The Labute approximate surface area is 162 Å². The second-order valence-corrected chi connectivity index (χ2v) is 6.98. The van der Waals surface area contributed by atoms with Crippen LogP contribution in [0, 0.1) is 13.8 Å². The van der Waals surface area contributed by atoms with Crippen LogP contribution in [0.5, 0.6) is 0 Å². The van der Waals surface area contributed by atoms with Gasteiger partial charge >= 0.3 is 0 Å². The highest BCUT2D eigenvalue weighted by Crippen LogP contribution is 2.20. The number of aromatic nitrogens is 2. The molecule has 3 rings (SSSR count). The molecular weight excluding hydrogens is 369 g/mol. The van der Waals surface area contributed by atoms with Gasteiger partial charge in [0.05, 0.1) is 22.0 Å². The molecule has 3 aromatic rings. The van der Waals surface area contributed by atoms with Gasteiger partial charge in [-0.15, -0.1) is 0 Å². The number of hydrogen-bond acceptors (Lipinski definition) is 2. The maximum Gasteiger partial charge on any atom is 0.252 e. The number of amides is 1. The number of aryl methyl sites for hydroxylation is 2. The fraction of sp³-hybridized carbons (Fsp3) is 0.200. The SMILES string of the molecule is Cc1cc(C)n(-c2ccc(CCNC(=O)c3cc(Cl)ccc3Cl)cc2)n1. The first-order valence-corrected chi connectivity index (χ1v) is 9.05. The predicted octanol–water partition coefficient (Wildman–Crippen LogP) is 4.77. The quantitative estimate of drug-likeness (QED) is 0.685. The topological polar surface area (TPSA) is 46.9 Å². The Morgan fingerprint density at radius 3 is 2.46 bits per heavy atom. The maximum absolute atomic E-state index is 12.2. The maximum atomic E-state index is 12.2. The summed E-state index contributed by atoms with van der Waals surface area (Å²) < 4.78 is 1.92. The fourth-order valence-corrected chi connectivity index (χ4v) is 3.16. The molecule has 0 saturated carbocycles. The smallest absolute Gasteiger partial charge is 0.252 e. The van der Waals surface area contributed by atoms with Crippen molar-refractivity contribution in [2.75, 3.05) is 6.54 Å². The van der Waals surface area contributed by atoms with Gasteiger partial charge in [-0.3, -0.25) is 4.79 Å².